The summed E-state index contributed by atoms with van der Waals surface area (Å²) in [6, 6.07) is 3.98. The molecule has 2 aromatic heterocycles. The predicted octanol–water partition coefficient (Wildman–Crippen LogP) is 1.80. The lowest BCUT2D eigenvalue weighted by Gasteiger charge is -2.31. The maximum atomic E-state index is 12.4. The van der Waals surface area contributed by atoms with Crippen LogP contribution in [-0.4, -0.2) is 50.6 Å². The number of likely N-dealkylation sites (tertiary alicyclic amines) is 1. The third-order valence-corrected chi connectivity index (χ3v) is 5.28. The number of nitrogens with one attached hydrogen (secondary N) is 2. The van der Waals surface area contributed by atoms with Gasteiger partial charge in [0.2, 0.25) is 11.8 Å². The van der Waals surface area contributed by atoms with Crippen LogP contribution in [0.3, 0.4) is 0 Å². The summed E-state index contributed by atoms with van der Waals surface area (Å²) in [6.45, 7) is 3.08. The van der Waals surface area contributed by atoms with Gasteiger partial charge in [-0.2, -0.15) is 5.10 Å². The van der Waals surface area contributed by atoms with Crippen LogP contribution in [-0.2, 0) is 16.1 Å². The Hall–Kier alpha value is -2.00. The summed E-state index contributed by atoms with van der Waals surface area (Å²) >= 11 is 6.79. The summed E-state index contributed by atoms with van der Waals surface area (Å²) in [6.07, 6.45) is 1.56. The molecule has 1 aliphatic rings. The van der Waals surface area contributed by atoms with Gasteiger partial charge < -0.3 is 10.2 Å². The lowest BCUT2D eigenvalue weighted by molar-refractivity contribution is -0.130. The lowest BCUT2D eigenvalue weighted by Crippen LogP contribution is -2.46. The van der Waals surface area contributed by atoms with Crippen LogP contribution in [0, 0.1) is 4.77 Å². The number of amides is 2. The first-order chi connectivity index (χ1) is 11.5. The van der Waals surface area contributed by atoms with Crippen molar-refractivity contribution in [1.29, 1.82) is 0 Å². The van der Waals surface area contributed by atoms with Crippen molar-refractivity contribution in [2.24, 2.45) is 0 Å². The minimum absolute atomic E-state index is 0.0880. The highest BCUT2D eigenvalue weighted by Crippen LogP contribution is 2.22. The second kappa shape index (κ2) is 7.27. The van der Waals surface area contributed by atoms with Crippen molar-refractivity contribution in [3.8, 4) is 10.7 Å². The number of nitrogens with zero attached hydrogens (tertiary/aromatic N) is 3. The van der Waals surface area contributed by atoms with E-state index in [0.717, 1.165) is 17.7 Å². The number of carbonyl (C=O) groups is 2. The molecule has 0 aromatic carbocycles. The third kappa shape index (κ3) is 3.73. The van der Waals surface area contributed by atoms with Crippen LogP contribution in [0.5, 0.6) is 0 Å². The van der Waals surface area contributed by atoms with E-state index in [1.165, 1.54) is 0 Å². The van der Waals surface area contributed by atoms with E-state index in [0.29, 0.717) is 23.7 Å². The molecule has 0 radical (unpaired) electrons. The van der Waals surface area contributed by atoms with Gasteiger partial charge in [0, 0.05) is 26.1 Å². The van der Waals surface area contributed by atoms with Gasteiger partial charge in [-0.15, -0.1) is 11.3 Å². The van der Waals surface area contributed by atoms with Crippen molar-refractivity contribution in [2.75, 3.05) is 13.1 Å². The molecule has 2 amide bonds. The highest BCUT2D eigenvalue weighted by molar-refractivity contribution is 7.71. The standard InChI is InChI=1S/C15H19N5O2S2/c1-10(21)19-6-4-11(5-7-19)16-13(22)9-20-14(17-18-15(20)23)12-3-2-8-24-12/h2-3,8,11H,4-7,9H2,1H3,(H,16,22)(H,18,23). The highest BCUT2D eigenvalue weighted by atomic mass is 32.1. The van der Waals surface area contributed by atoms with Crippen LogP contribution >= 0.6 is 23.6 Å². The number of hydrogen-bond donors (Lipinski definition) is 2. The number of hydrogen-bond acceptors (Lipinski definition) is 5. The first kappa shape index (κ1) is 16.8. The first-order valence-corrected chi connectivity index (χ1v) is 9.07. The summed E-state index contributed by atoms with van der Waals surface area (Å²) < 4.78 is 2.14. The maximum Gasteiger partial charge on any atom is 0.240 e. The van der Waals surface area contributed by atoms with Crippen LogP contribution in [0.15, 0.2) is 17.5 Å². The lowest BCUT2D eigenvalue weighted by atomic mass is 10.1. The molecule has 3 heterocycles. The molecular weight excluding hydrogens is 346 g/mol. The van der Waals surface area contributed by atoms with Crippen LogP contribution in [0.1, 0.15) is 19.8 Å². The molecule has 0 atom stereocenters. The van der Waals surface area contributed by atoms with E-state index in [4.69, 9.17) is 12.2 Å². The largest absolute Gasteiger partial charge is 0.352 e. The van der Waals surface area contributed by atoms with E-state index in [-0.39, 0.29) is 24.4 Å². The van der Waals surface area contributed by atoms with Crippen molar-refractivity contribution in [3.05, 3.63) is 22.3 Å². The maximum absolute atomic E-state index is 12.4. The summed E-state index contributed by atoms with van der Waals surface area (Å²) in [7, 11) is 0. The molecule has 24 heavy (non-hydrogen) atoms. The number of carbonyl (C=O) groups excluding carboxylic acids is 2. The normalized spacial score (nSPS) is 15.5. The van der Waals surface area contributed by atoms with Crippen molar-refractivity contribution in [1.82, 2.24) is 25.0 Å². The van der Waals surface area contributed by atoms with Gasteiger partial charge in [-0.3, -0.25) is 19.3 Å². The second-order valence-corrected chi connectivity index (χ2v) is 7.10. The number of thiophene rings is 1. The number of aromatic nitrogens is 3. The van der Waals surface area contributed by atoms with Crippen molar-refractivity contribution < 1.29 is 9.59 Å². The van der Waals surface area contributed by atoms with Crippen molar-refractivity contribution >= 4 is 35.4 Å². The first-order valence-electron chi connectivity index (χ1n) is 7.78. The zero-order valence-electron chi connectivity index (χ0n) is 13.3. The third-order valence-electron chi connectivity index (χ3n) is 4.11. The van der Waals surface area contributed by atoms with Crippen LogP contribution in [0.2, 0.25) is 0 Å². The Kier molecular flexibility index (Phi) is 5.10. The van der Waals surface area contributed by atoms with E-state index in [1.54, 1.807) is 22.8 Å². The summed E-state index contributed by atoms with van der Waals surface area (Å²) in [5.74, 6) is 0.674. The molecular formula is C15H19N5O2S2. The Bertz CT molecular complexity index is 772. The van der Waals surface area contributed by atoms with E-state index in [9.17, 15) is 9.59 Å². The monoisotopic (exact) mass is 365 g/mol. The zero-order chi connectivity index (χ0) is 17.1. The van der Waals surface area contributed by atoms with Crippen LogP contribution in [0.25, 0.3) is 10.7 Å². The molecule has 128 valence electrons. The van der Waals surface area contributed by atoms with E-state index < -0.39 is 0 Å². The average molecular weight is 365 g/mol. The molecule has 0 bridgehead atoms. The fraction of sp³-hybridized carbons (Fsp3) is 0.467. The molecule has 9 heteroatoms. The molecule has 0 saturated carbocycles. The minimum atomic E-state index is -0.0911. The Labute approximate surface area is 148 Å². The van der Waals surface area contributed by atoms with Crippen LogP contribution in [0.4, 0.5) is 0 Å². The van der Waals surface area contributed by atoms with Crippen molar-refractivity contribution in [2.45, 2.75) is 32.4 Å². The average Bonchev–Trinajstić information content (AvgIpc) is 3.19. The fourth-order valence-electron chi connectivity index (χ4n) is 2.81. The molecule has 2 aromatic rings. The van der Waals surface area contributed by atoms with Gasteiger partial charge in [-0.05, 0) is 36.5 Å². The molecule has 1 aliphatic heterocycles. The number of H-pyrrole nitrogens is 1. The van der Waals surface area contributed by atoms with E-state index >= 15 is 0 Å². The van der Waals surface area contributed by atoms with Gasteiger partial charge in [-0.1, -0.05) is 6.07 Å². The molecule has 1 saturated heterocycles. The molecule has 0 aliphatic carbocycles. The predicted molar refractivity (Wildman–Crippen MR) is 94.1 cm³/mol. The Morgan fingerprint density at radius 2 is 2.21 bits per heavy atom. The topological polar surface area (TPSA) is 83.0 Å². The SMILES string of the molecule is CC(=O)N1CCC(NC(=O)Cn2c(-c3cccs3)n[nH]c2=S)CC1. The Balaban J connectivity index is 1.61. The minimum Gasteiger partial charge on any atom is -0.352 e. The summed E-state index contributed by atoms with van der Waals surface area (Å²) in [4.78, 5) is 26.5. The van der Waals surface area contributed by atoms with Gasteiger partial charge in [0.25, 0.3) is 0 Å². The molecule has 1 fully saturated rings. The van der Waals surface area contributed by atoms with Crippen LogP contribution < -0.4 is 5.32 Å². The van der Waals surface area contributed by atoms with Gasteiger partial charge in [0.15, 0.2) is 10.6 Å². The van der Waals surface area contributed by atoms with Gasteiger partial charge in [0.1, 0.15) is 6.54 Å². The quantitative estimate of drug-likeness (QED) is 0.810. The van der Waals surface area contributed by atoms with Gasteiger partial charge in [-0.25, -0.2) is 0 Å². The molecule has 2 N–H and O–H groups in total. The molecule has 3 rings (SSSR count). The highest BCUT2D eigenvalue weighted by Gasteiger charge is 2.22. The number of aromatic amines is 1. The number of piperidine rings is 1. The summed E-state index contributed by atoms with van der Waals surface area (Å²) in [5, 5.41) is 12.0. The Morgan fingerprint density at radius 3 is 2.83 bits per heavy atom. The Morgan fingerprint density at radius 1 is 1.46 bits per heavy atom. The zero-order valence-corrected chi connectivity index (χ0v) is 15.0. The summed E-state index contributed by atoms with van der Waals surface area (Å²) in [5.41, 5.74) is 0. The van der Waals surface area contributed by atoms with E-state index in [2.05, 4.69) is 15.5 Å². The molecule has 0 unspecified atom stereocenters. The van der Waals surface area contributed by atoms with Gasteiger partial charge >= 0.3 is 0 Å². The fourth-order valence-corrected chi connectivity index (χ4v) is 3.73. The smallest absolute Gasteiger partial charge is 0.240 e. The molecule has 0 spiro atoms. The molecule has 7 nitrogen and oxygen atoms in total. The van der Waals surface area contributed by atoms with Crippen molar-refractivity contribution in [3.63, 3.8) is 0 Å². The van der Waals surface area contributed by atoms with Gasteiger partial charge in [0.05, 0.1) is 4.88 Å². The van der Waals surface area contributed by atoms with E-state index in [1.807, 2.05) is 22.4 Å². The second-order valence-electron chi connectivity index (χ2n) is 5.76. The number of rotatable bonds is 4.